The number of carbonyl (C=O) groups is 3. The largest absolute Gasteiger partial charge is 0.496 e. The number of nitrogens with two attached hydrogens (primary N) is 1. The van der Waals surface area contributed by atoms with Crippen molar-refractivity contribution in [2.45, 2.75) is 51.2 Å². The summed E-state index contributed by atoms with van der Waals surface area (Å²) in [7, 11) is 1.56. The first-order chi connectivity index (χ1) is 16.2. The molecule has 1 aromatic heterocycles. The van der Waals surface area contributed by atoms with E-state index in [0.29, 0.717) is 30.8 Å². The maximum absolute atomic E-state index is 13.2. The lowest BCUT2D eigenvalue weighted by Gasteiger charge is -2.26. The van der Waals surface area contributed by atoms with Gasteiger partial charge in [0.2, 0.25) is 11.8 Å². The zero-order chi connectivity index (χ0) is 24.8. The normalized spacial score (nSPS) is 18.1. The molecule has 1 aromatic carbocycles. The third-order valence-electron chi connectivity index (χ3n) is 6.03. The van der Waals surface area contributed by atoms with Crippen molar-refractivity contribution in [1.82, 2.24) is 20.9 Å². The van der Waals surface area contributed by atoms with Crippen molar-refractivity contribution in [3.05, 3.63) is 30.0 Å². The first kappa shape index (κ1) is 25.1. The van der Waals surface area contributed by atoms with Crippen LogP contribution in [0.15, 0.2) is 24.3 Å². The van der Waals surface area contributed by atoms with Gasteiger partial charge in [0.15, 0.2) is 0 Å². The highest BCUT2D eigenvalue weighted by Crippen LogP contribution is 2.26. The zero-order valence-electron chi connectivity index (χ0n) is 19.7. The topological polar surface area (TPSA) is 162 Å². The highest BCUT2D eigenvalue weighted by molar-refractivity contribution is 6.01. The first-order valence-electron chi connectivity index (χ1n) is 11.4. The van der Waals surface area contributed by atoms with Gasteiger partial charge in [0.05, 0.1) is 19.2 Å². The molecule has 1 fully saturated rings. The predicted molar refractivity (Wildman–Crippen MR) is 127 cm³/mol. The number of aromatic nitrogens is 1. The zero-order valence-corrected chi connectivity index (χ0v) is 19.7. The number of nitrogens with zero attached hydrogens (tertiary/aromatic N) is 1. The maximum Gasteiger partial charge on any atom is 0.268 e. The number of carbonyl (C=O) groups excluding carboxylic acids is 3. The van der Waals surface area contributed by atoms with Gasteiger partial charge in [-0.05, 0) is 43.4 Å². The Morgan fingerprint density at radius 1 is 1.32 bits per heavy atom. The second kappa shape index (κ2) is 11.0. The van der Waals surface area contributed by atoms with Crippen molar-refractivity contribution in [2.75, 3.05) is 13.7 Å². The Morgan fingerprint density at radius 3 is 2.71 bits per heavy atom. The van der Waals surface area contributed by atoms with E-state index in [1.807, 2.05) is 32.0 Å². The number of methoxy groups -OCH3 is 1. The van der Waals surface area contributed by atoms with Crippen LogP contribution in [0.5, 0.6) is 5.75 Å². The van der Waals surface area contributed by atoms with Crippen molar-refractivity contribution in [3.63, 3.8) is 0 Å². The average Bonchev–Trinajstić information content (AvgIpc) is 3.43. The number of fused-ring (bicyclic) bond motifs is 1. The molecule has 10 nitrogen and oxygen atoms in total. The van der Waals surface area contributed by atoms with Crippen LogP contribution < -0.4 is 26.4 Å². The number of rotatable bonds is 10. The summed E-state index contributed by atoms with van der Waals surface area (Å²) in [5.74, 6) is -0.550. The van der Waals surface area contributed by atoms with Crippen molar-refractivity contribution in [2.24, 2.45) is 17.6 Å². The van der Waals surface area contributed by atoms with E-state index in [9.17, 15) is 19.6 Å². The minimum Gasteiger partial charge on any atom is -0.496 e. The summed E-state index contributed by atoms with van der Waals surface area (Å²) >= 11 is 0. The number of hydrogen-bond donors (Lipinski definition) is 5. The standard InChI is InChI=1S/C24H32N6O4/c1-13(2)9-19(23(32)29-18(16(26)12-25)10-14-7-8-27-22(14)31)30-24(33)20-11-15-17(28-20)5-4-6-21(15)34-3/h4-6,11,13-14,16,18-19,28H,7-10,26H2,1-3H3,(H,27,31)(H,29,32)(H,30,33)/t14-,16?,18-,19-/m0/s1. The highest BCUT2D eigenvalue weighted by Gasteiger charge is 2.33. The molecule has 0 radical (unpaired) electrons. The van der Waals surface area contributed by atoms with Gasteiger partial charge in [-0.1, -0.05) is 19.9 Å². The number of aromatic amines is 1. The molecule has 1 saturated heterocycles. The molecule has 3 amide bonds. The van der Waals surface area contributed by atoms with Crippen LogP contribution in [0.3, 0.4) is 0 Å². The molecule has 0 bridgehead atoms. The van der Waals surface area contributed by atoms with Crippen LogP contribution >= 0.6 is 0 Å². The van der Waals surface area contributed by atoms with E-state index in [1.54, 1.807) is 19.2 Å². The second-order valence-electron chi connectivity index (χ2n) is 9.04. The van der Waals surface area contributed by atoms with Crippen molar-refractivity contribution < 1.29 is 19.1 Å². The molecular weight excluding hydrogens is 436 g/mol. The minimum absolute atomic E-state index is 0.106. The van der Waals surface area contributed by atoms with Crippen molar-refractivity contribution in [3.8, 4) is 11.8 Å². The second-order valence-corrected chi connectivity index (χ2v) is 9.04. The molecule has 0 spiro atoms. The van der Waals surface area contributed by atoms with Gasteiger partial charge < -0.3 is 31.4 Å². The maximum atomic E-state index is 13.2. The average molecular weight is 469 g/mol. The van der Waals surface area contributed by atoms with Crippen molar-refractivity contribution in [1.29, 1.82) is 5.26 Å². The van der Waals surface area contributed by atoms with Crippen molar-refractivity contribution >= 4 is 28.6 Å². The number of benzene rings is 1. The molecule has 10 heteroatoms. The number of hydrogen-bond acceptors (Lipinski definition) is 6. The molecule has 0 saturated carbocycles. The molecule has 2 aromatic rings. The smallest absolute Gasteiger partial charge is 0.268 e. The summed E-state index contributed by atoms with van der Waals surface area (Å²) in [6, 6.07) is 6.56. The Bertz CT molecular complexity index is 1090. The van der Waals surface area contributed by atoms with Crippen LogP contribution in [0.25, 0.3) is 10.9 Å². The highest BCUT2D eigenvalue weighted by atomic mass is 16.5. The number of H-pyrrole nitrogens is 1. The third-order valence-corrected chi connectivity index (χ3v) is 6.03. The van der Waals surface area contributed by atoms with Gasteiger partial charge in [-0.15, -0.1) is 0 Å². The van der Waals surface area contributed by atoms with Crippen LogP contribution in [0.2, 0.25) is 0 Å². The van der Waals surface area contributed by atoms with Gasteiger partial charge in [0.25, 0.3) is 5.91 Å². The van der Waals surface area contributed by atoms with Crippen LogP contribution in [-0.2, 0) is 9.59 Å². The monoisotopic (exact) mass is 468 g/mol. The fraction of sp³-hybridized carbons (Fsp3) is 0.500. The van der Waals surface area contributed by atoms with Crippen LogP contribution in [0.4, 0.5) is 0 Å². The Balaban J connectivity index is 1.75. The van der Waals surface area contributed by atoms with E-state index in [0.717, 1.165) is 10.9 Å². The lowest BCUT2D eigenvalue weighted by molar-refractivity contribution is -0.126. The Labute approximate surface area is 198 Å². The summed E-state index contributed by atoms with van der Waals surface area (Å²) in [6.07, 6.45) is 1.27. The van der Waals surface area contributed by atoms with E-state index in [2.05, 4.69) is 20.9 Å². The summed E-state index contributed by atoms with van der Waals surface area (Å²) in [6.45, 7) is 4.45. The fourth-order valence-corrected chi connectivity index (χ4v) is 4.21. The number of amides is 3. The van der Waals surface area contributed by atoms with E-state index >= 15 is 0 Å². The molecule has 34 heavy (non-hydrogen) atoms. The van der Waals surface area contributed by atoms with Gasteiger partial charge >= 0.3 is 0 Å². The quantitative estimate of drug-likeness (QED) is 0.352. The number of nitriles is 1. The van der Waals surface area contributed by atoms with Crippen LogP contribution in [0.1, 0.15) is 43.6 Å². The molecule has 4 atom stereocenters. The van der Waals surface area contributed by atoms with Gasteiger partial charge in [0, 0.05) is 23.4 Å². The first-order valence-corrected chi connectivity index (χ1v) is 11.4. The molecule has 2 heterocycles. The Morgan fingerprint density at radius 2 is 2.09 bits per heavy atom. The van der Waals surface area contributed by atoms with E-state index in [1.165, 1.54) is 0 Å². The fourth-order valence-electron chi connectivity index (χ4n) is 4.21. The molecule has 1 aliphatic heterocycles. The number of ether oxygens (including phenoxy) is 1. The summed E-state index contributed by atoms with van der Waals surface area (Å²) in [4.78, 5) is 41.2. The molecule has 3 rings (SSSR count). The Kier molecular flexibility index (Phi) is 8.12. The molecule has 182 valence electrons. The minimum atomic E-state index is -0.978. The summed E-state index contributed by atoms with van der Waals surface area (Å²) in [5, 5.41) is 18.5. The third kappa shape index (κ3) is 5.85. The van der Waals surface area contributed by atoms with E-state index < -0.39 is 29.9 Å². The SMILES string of the molecule is COc1cccc2[nH]c(C(=O)N[C@@H](CC(C)C)C(=O)N[C@@H](C[C@@H]3CCNC3=O)C(N)C#N)cc12. The molecule has 0 aliphatic carbocycles. The van der Waals surface area contributed by atoms with Crippen LogP contribution in [-0.4, -0.2) is 54.5 Å². The van der Waals surface area contributed by atoms with E-state index in [4.69, 9.17) is 10.5 Å². The summed E-state index contributed by atoms with van der Waals surface area (Å²) in [5.41, 5.74) is 6.98. The van der Waals surface area contributed by atoms with Gasteiger partial charge in [-0.2, -0.15) is 5.26 Å². The Hall–Kier alpha value is -3.58. The molecule has 1 unspecified atom stereocenters. The van der Waals surface area contributed by atoms with Crippen LogP contribution in [0, 0.1) is 23.2 Å². The lowest BCUT2D eigenvalue weighted by atomic mass is 9.93. The summed E-state index contributed by atoms with van der Waals surface area (Å²) < 4.78 is 5.35. The lowest BCUT2D eigenvalue weighted by Crippen LogP contribution is -2.55. The van der Waals surface area contributed by atoms with E-state index in [-0.39, 0.29) is 24.2 Å². The predicted octanol–water partition coefficient (Wildman–Crippen LogP) is 1.18. The molecular formula is C24H32N6O4. The van der Waals surface area contributed by atoms with Gasteiger partial charge in [-0.3, -0.25) is 14.4 Å². The van der Waals surface area contributed by atoms with Gasteiger partial charge in [-0.25, -0.2) is 0 Å². The van der Waals surface area contributed by atoms with Gasteiger partial charge in [0.1, 0.15) is 23.5 Å². The molecule has 6 N–H and O–H groups in total. The molecule has 1 aliphatic rings. The number of nitrogens with one attached hydrogen (secondary N) is 4.